The van der Waals surface area contributed by atoms with Crippen molar-refractivity contribution in [2.45, 2.75) is 45.8 Å². The summed E-state index contributed by atoms with van der Waals surface area (Å²) in [7, 11) is 0. The van der Waals surface area contributed by atoms with Crippen LogP contribution in [0.1, 0.15) is 30.9 Å². The second kappa shape index (κ2) is 8.97. The topological polar surface area (TPSA) is 91.3 Å². The molecule has 1 fully saturated rings. The van der Waals surface area contributed by atoms with Gasteiger partial charge in [-0.2, -0.15) is 0 Å². The molecular formula is C20H27N5O3. The lowest BCUT2D eigenvalue weighted by molar-refractivity contribution is -0.134. The number of amides is 1. The molecule has 1 aliphatic heterocycles. The largest absolute Gasteiger partial charge is 0.340 e. The fraction of sp³-hybridized carbons (Fsp3) is 0.500. The van der Waals surface area contributed by atoms with Gasteiger partial charge in [0, 0.05) is 49.8 Å². The number of carbonyl (C=O) groups excluding carboxylic acids is 1. The van der Waals surface area contributed by atoms with Crippen molar-refractivity contribution in [3.63, 3.8) is 0 Å². The Hall–Kier alpha value is -2.74. The first kappa shape index (κ1) is 20.0. The first-order valence-corrected chi connectivity index (χ1v) is 9.69. The number of nitrogens with one attached hydrogen (secondary N) is 1. The van der Waals surface area contributed by atoms with Crippen molar-refractivity contribution >= 4 is 5.91 Å². The van der Waals surface area contributed by atoms with E-state index in [2.05, 4.69) is 21.8 Å². The number of aryl methyl sites for hydroxylation is 1. The van der Waals surface area contributed by atoms with Crippen LogP contribution >= 0.6 is 0 Å². The number of aromatic amines is 1. The summed E-state index contributed by atoms with van der Waals surface area (Å²) in [5.41, 5.74) is 0.654. The fourth-order valence-electron chi connectivity index (χ4n) is 3.68. The predicted molar refractivity (Wildman–Crippen MR) is 106 cm³/mol. The summed E-state index contributed by atoms with van der Waals surface area (Å²) < 4.78 is 1.28. The maximum atomic E-state index is 12.8. The van der Waals surface area contributed by atoms with Gasteiger partial charge in [-0.15, -0.1) is 0 Å². The number of pyridine rings is 1. The third kappa shape index (κ3) is 4.75. The summed E-state index contributed by atoms with van der Waals surface area (Å²) >= 11 is 0. The highest BCUT2D eigenvalue weighted by atomic mass is 16.2. The van der Waals surface area contributed by atoms with Crippen LogP contribution in [0, 0.1) is 6.92 Å². The molecule has 8 nitrogen and oxygen atoms in total. The van der Waals surface area contributed by atoms with E-state index in [-0.39, 0.29) is 18.5 Å². The Labute approximate surface area is 163 Å². The Morgan fingerprint density at radius 1 is 1.32 bits per heavy atom. The van der Waals surface area contributed by atoms with Gasteiger partial charge in [0.1, 0.15) is 6.54 Å². The van der Waals surface area contributed by atoms with Crippen molar-refractivity contribution in [2.24, 2.45) is 0 Å². The van der Waals surface area contributed by atoms with E-state index in [0.717, 1.165) is 25.9 Å². The van der Waals surface area contributed by atoms with Crippen LogP contribution in [0.3, 0.4) is 0 Å². The number of likely N-dealkylation sites (tertiary alicyclic amines) is 1. The van der Waals surface area contributed by atoms with E-state index < -0.39 is 11.2 Å². The average Bonchev–Trinajstić information content (AvgIpc) is 2.71. The fourth-order valence-corrected chi connectivity index (χ4v) is 3.68. The van der Waals surface area contributed by atoms with Crippen LogP contribution in [-0.2, 0) is 17.9 Å². The normalized spacial score (nSPS) is 17.1. The van der Waals surface area contributed by atoms with Gasteiger partial charge in [0.25, 0.3) is 5.56 Å². The quantitative estimate of drug-likeness (QED) is 0.792. The monoisotopic (exact) mass is 385 g/mol. The van der Waals surface area contributed by atoms with E-state index in [0.29, 0.717) is 18.7 Å². The molecule has 1 aliphatic rings. The highest BCUT2D eigenvalue weighted by Crippen LogP contribution is 2.18. The zero-order valence-electron chi connectivity index (χ0n) is 16.4. The van der Waals surface area contributed by atoms with Crippen LogP contribution in [0.15, 0.2) is 40.3 Å². The number of carbonyl (C=O) groups is 1. The van der Waals surface area contributed by atoms with Crippen LogP contribution in [0.2, 0.25) is 0 Å². The van der Waals surface area contributed by atoms with E-state index in [4.69, 9.17) is 0 Å². The van der Waals surface area contributed by atoms with Crippen LogP contribution in [-0.4, -0.2) is 55.9 Å². The standard InChI is InChI=1S/C20H27N5O3/c1-3-23(12-16-6-8-21-9-7-16)17-5-4-10-24(13-17)18(26)14-25-11-15(2)19(27)22-20(25)28/h6-9,11,17H,3-5,10,12-14H2,1-2H3,(H,22,27,28)/t17-/m1/s1. The molecule has 1 atom stereocenters. The van der Waals surface area contributed by atoms with Gasteiger partial charge in [-0.3, -0.25) is 29.0 Å². The number of piperidine rings is 1. The SMILES string of the molecule is CCN(Cc1ccncc1)[C@@H]1CCCN(C(=O)Cn2cc(C)c(=O)[nH]c2=O)C1. The molecule has 3 heterocycles. The minimum Gasteiger partial charge on any atom is -0.340 e. The third-order valence-corrected chi connectivity index (χ3v) is 5.30. The Bertz CT molecular complexity index is 921. The molecule has 150 valence electrons. The first-order valence-electron chi connectivity index (χ1n) is 9.69. The van der Waals surface area contributed by atoms with Crippen molar-refractivity contribution < 1.29 is 4.79 Å². The lowest BCUT2D eigenvalue weighted by atomic mass is 10.0. The van der Waals surface area contributed by atoms with Crippen LogP contribution in [0.25, 0.3) is 0 Å². The Kier molecular flexibility index (Phi) is 6.41. The molecule has 1 amide bonds. The molecule has 2 aromatic rings. The second-order valence-electron chi connectivity index (χ2n) is 7.25. The Morgan fingerprint density at radius 2 is 2.07 bits per heavy atom. The number of nitrogens with zero attached hydrogens (tertiary/aromatic N) is 4. The molecule has 1 N–H and O–H groups in total. The van der Waals surface area contributed by atoms with Gasteiger partial charge in [-0.05, 0) is 44.0 Å². The second-order valence-corrected chi connectivity index (χ2v) is 7.25. The molecule has 8 heteroatoms. The molecule has 0 radical (unpaired) electrons. The van der Waals surface area contributed by atoms with Crippen molar-refractivity contribution in [2.75, 3.05) is 19.6 Å². The highest BCUT2D eigenvalue weighted by Gasteiger charge is 2.27. The Balaban J connectivity index is 1.66. The minimum atomic E-state index is -0.551. The summed E-state index contributed by atoms with van der Waals surface area (Å²) in [5, 5.41) is 0. The molecule has 0 saturated carbocycles. The molecule has 0 aromatic carbocycles. The van der Waals surface area contributed by atoms with Crippen molar-refractivity contribution in [3.05, 3.63) is 62.7 Å². The average molecular weight is 385 g/mol. The van der Waals surface area contributed by atoms with E-state index in [1.807, 2.05) is 17.0 Å². The van der Waals surface area contributed by atoms with Crippen molar-refractivity contribution in [3.8, 4) is 0 Å². The summed E-state index contributed by atoms with van der Waals surface area (Å²) in [5.74, 6) is -0.0989. The maximum Gasteiger partial charge on any atom is 0.328 e. The van der Waals surface area contributed by atoms with Crippen molar-refractivity contribution in [1.29, 1.82) is 0 Å². The molecule has 2 aromatic heterocycles. The van der Waals surface area contributed by atoms with Gasteiger partial charge in [0.15, 0.2) is 0 Å². The first-order chi connectivity index (χ1) is 13.5. The number of likely N-dealkylation sites (N-methyl/N-ethyl adjacent to an activating group) is 1. The molecule has 0 unspecified atom stereocenters. The van der Waals surface area contributed by atoms with E-state index >= 15 is 0 Å². The number of rotatable bonds is 6. The maximum absolute atomic E-state index is 12.8. The molecule has 28 heavy (non-hydrogen) atoms. The summed E-state index contributed by atoms with van der Waals surface area (Å²) in [6, 6.07) is 4.31. The molecule has 0 spiro atoms. The predicted octanol–water partition coefficient (Wildman–Crippen LogP) is 0.753. The Morgan fingerprint density at radius 3 is 2.79 bits per heavy atom. The van der Waals surface area contributed by atoms with Gasteiger partial charge in [0.2, 0.25) is 5.91 Å². The van der Waals surface area contributed by atoms with Crippen LogP contribution in [0.4, 0.5) is 0 Å². The lowest BCUT2D eigenvalue weighted by Gasteiger charge is -2.39. The van der Waals surface area contributed by atoms with Gasteiger partial charge in [-0.25, -0.2) is 4.79 Å². The van der Waals surface area contributed by atoms with Crippen molar-refractivity contribution in [1.82, 2.24) is 24.3 Å². The molecule has 0 bridgehead atoms. The van der Waals surface area contributed by atoms with Crippen LogP contribution < -0.4 is 11.2 Å². The van der Waals surface area contributed by atoms with E-state index in [9.17, 15) is 14.4 Å². The van der Waals surface area contributed by atoms with Gasteiger partial charge in [-0.1, -0.05) is 6.92 Å². The zero-order chi connectivity index (χ0) is 20.1. The van der Waals surface area contributed by atoms with Crippen LogP contribution in [0.5, 0.6) is 0 Å². The summed E-state index contributed by atoms with van der Waals surface area (Å²) in [6.07, 6.45) is 7.01. The lowest BCUT2D eigenvalue weighted by Crippen LogP contribution is -2.50. The van der Waals surface area contributed by atoms with E-state index in [1.165, 1.54) is 16.3 Å². The molecular weight excluding hydrogens is 358 g/mol. The number of aromatic nitrogens is 3. The smallest absolute Gasteiger partial charge is 0.328 e. The molecule has 0 aliphatic carbocycles. The van der Waals surface area contributed by atoms with Gasteiger partial charge in [0.05, 0.1) is 0 Å². The molecule has 3 rings (SSSR count). The number of H-pyrrole nitrogens is 1. The van der Waals surface area contributed by atoms with Gasteiger partial charge >= 0.3 is 5.69 Å². The van der Waals surface area contributed by atoms with E-state index in [1.54, 1.807) is 19.3 Å². The minimum absolute atomic E-state index is 0.0559. The van der Waals surface area contributed by atoms with Gasteiger partial charge < -0.3 is 4.90 Å². The zero-order valence-corrected chi connectivity index (χ0v) is 16.4. The number of hydrogen-bond donors (Lipinski definition) is 1. The molecule has 1 saturated heterocycles. The highest BCUT2D eigenvalue weighted by molar-refractivity contribution is 5.76. The number of hydrogen-bond acceptors (Lipinski definition) is 5. The third-order valence-electron chi connectivity index (χ3n) is 5.30. The summed E-state index contributed by atoms with van der Waals surface area (Å²) in [6.45, 7) is 6.75. The summed E-state index contributed by atoms with van der Waals surface area (Å²) in [4.78, 5) is 46.8.